The molecule has 2 aromatic carbocycles. The predicted octanol–water partition coefficient (Wildman–Crippen LogP) is 4.75. The van der Waals surface area contributed by atoms with E-state index in [2.05, 4.69) is 29.4 Å². The molecule has 5 nitrogen and oxygen atoms in total. The standard InChI is InChI=1S/C23H31N3O2/c1-7-26(8-2)19-14-12-18(13-15-19)24-21(27)23(5,6)22(28)25-20-16(3)10-9-11-17(20)4/h9-15H,7-8H2,1-6H3,(H,24,27)(H,25,28). The second kappa shape index (κ2) is 8.91. The average Bonchev–Trinajstić information content (AvgIpc) is 2.66. The summed E-state index contributed by atoms with van der Waals surface area (Å²) in [6, 6.07) is 13.5. The molecular formula is C23H31N3O2. The van der Waals surface area contributed by atoms with Gasteiger partial charge in [0.1, 0.15) is 5.41 Å². The van der Waals surface area contributed by atoms with Gasteiger partial charge in [0, 0.05) is 30.2 Å². The average molecular weight is 382 g/mol. The lowest BCUT2D eigenvalue weighted by molar-refractivity contribution is -0.135. The number of hydrogen-bond donors (Lipinski definition) is 2. The maximum Gasteiger partial charge on any atom is 0.239 e. The Kier molecular flexibility index (Phi) is 6.84. The summed E-state index contributed by atoms with van der Waals surface area (Å²) in [4.78, 5) is 27.8. The number of carbonyl (C=O) groups is 2. The quantitative estimate of drug-likeness (QED) is 0.680. The number of para-hydroxylation sites is 1. The van der Waals surface area contributed by atoms with Crippen molar-refractivity contribution in [3.8, 4) is 0 Å². The summed E-state index contributed by atoms with van der Waals surface area (Å²) in [5.74, 6) is -0.672. The lowest BCUT2D eigenvalue weighted by Crippen LogP contribution is -2.41. The van der Waals surface area contributed by atoms with E-state index < -0.39 is 5.41 Å². The van der Waals surface area contributed by atoms with Crippen molar-refractivity contribution in [1.82, 2.24) is 0 Å². The van der Waals surface area contributed by atoms with Crippen LogP contribution in [0.15, 0.2) is 42.5 Å². The molecule has 0 aliphatic heterocycles. The van der Waals surface area contributed by atoms with Gasteiger partial charge in [-0.3, -0.25) is 9.59 Å². The molecule has 5 heteroatoms. The van der Waals surface area contributed by atoms with Gasteiger partial charge in [0.15, 0.2) is 0 Å². The van der Waals surface area contributed by atoms with Crippen molar-refractivity contribution in [3.05, 3.63) is 53.6 Å². The molecule has 0 bridgehead atoms. The highest BCUT2D eigenvalue weighted by atomic mass is 16.2. The fourth-order valence-corrected chi connectivity index (χ4v) is 3.02. The van der Waals surface area contributed by atoms with E-state index in [-0.39, 0.29) is 11.8 Å². The number of nitrogens with one attached hydrogen (secondary N) is 2. The SMILES string of the molecule is CCN(CC)c1ccc(NC(=O)C(C)(C)C(=O)Nc2c(C)cccc2C)cc1. The fraction of sp³-hybridized carbons (Fsp3) is 0.391. The summed E-state index contributed by atoms with van der Waals surface area (Å²) in [5, 5.41) is 5.78. The van der Waals surface area contributed by atoms with Crippen molar-refractivity contribution in [2.24, 2.45) is 5.41 Å². The first-order chi connectivity index (χ1) is 13.2. The molecular weight excluding hydrogens is 350 g/mol. The lowest BCUT2D eigenvalue weighted by atomic mass is 9.90. The highest BCUT2D eigenvalue weighted by molar-refractivity contribution is 6.14. The van der Waals surface area contributed by atoms with Crippen molar-refractivity contribution in [2.45, 2.75) is 41.5 Å². The third-order valence-electron chi connectivity index (χ3n) is 5.11. The van der Waals surface area contributed by atoms with Crippen LogP contribution >= 0.6 is 0 Å². The number of carbonyl (C=O) groups excluding carboxylic acids is 2. The fourth-order valence-electron chi connectivity index (χ4n) is 3.02. The monoisotopic (exact) mass is 381 g/mol. The van der Waals surface area contributed by atoms with Crippen LogP contribution in [-0.4, -0.2) is 24.9 Å². The van der Waals surface area contributed by atoms with Crippen molar-refractivity contribution >= 4 is 28.9 Å². The van der Waals surface area contributed by atoms with Crippen LogP contribution in [-0.2, 0) is 9.59 Å². The second-order valence-electron chi connectivity index (χ2n) is 7.52. The van der Waals surface area contributed by atoms with Gasteiger partial charge in [-0.25, -0.2) is 0 Å². The van der Waals surface area contributed by atoms with E-state index in [0.29, 0.717) is 5.69 Å². The topological polar surface area (TPSA) is 61.4 Å². The second-order valence-corrected chi connectivity index (χ2v) is 7.52. The minimum absolute atomic E-state index is 0.331. The maximum absolute atomic E-state index is 12.8. The zero-order chi connectivity index (χ0) is 20.9. The number of nitrogens with zero attached hydrogens (tertiary/aromatic N) is 1. The van der Waals surface area contributed by atoms with Crippen LogP contribution in [0.4, 0.5) is 17.1 Å². The molecule has 0 aliphatic rings. The number of rotatable bonds is 7. The summed E-state index contributed by atoms with van der Waals surface area (Å²) in [5.41, 5.74) is 3.26. The Bertz CT molecular complexity index is 817. The first-order valence-electron chi connectivity index (χ1n) is 9.74. The van der Waals surface area contributed by atoms with Gasteiger partial charge in [-0.1, -0.05) is 18.2 Å². The summed E-state index contributed by atoms with van der Waals surface area (Å²) in [6.07, 6.45) is 0. The van der Waals surface area contributed by atoms with E-state index in [0.717, 1.165) is 35.6 Å². The van der Waals surface area contributed by atoms with Gasteiger partial charge in [0.25, 0.3) is 0 Å². The van der Waals surface area contributed by atoms with E-state index in [1.807, 2.05) is 56.3 Å². The summed E-state index contributed by atoms with van der Waals surface area (Å²) in [7, 11) is 0. The molecule has 2 aromatic rings. The highest BCUT2D eigenvalue weighted by Crippen LogP contribution is 2.26. The van der Waals surface area contributed by atoms with Gasteiger partial charge in [-0.2, -0.15) is 0 Å². The molecule has 0 heterocycles. The van der Waals surface area contributed by atoms with Gasteiger partial charge in [0.2, 0.25) is 11.8 Å². The zero-order valence-electron chi connectivity index (χ0n) is 17.7. The molecule has 0 atom stereocenters. The molecule has 28 heavy (non-hydrogen) atoms. The van der Waals surface area contributed by atoms with E-state index in [4.69, 9.17) is 0 Å². The van der Waals surface area contributed by atoms with Crippen LogP contribution in [0.2, 0.25) is 0 Å². The van der Waals surface area contributed by atoms with E-state index in [9.17, 15) is 9.59 Å². The molecule has 0 aromatic heterocycles. The van der Waals surface area contributed by atoms with E-state index in [1.165, 1.54) is 0 Å². The number of aryl methyl sites for hydroxylation is 2. The third kappa shape index (κ3) is 4.71. The summed E-state index contributed by atoms with van der Waals surface area (Å²) < 4.78 is 0. The summed E-state index contributed by atoms with van der Waals surface area (Å²) in [6.45, 7) is 13.2. The van der Waals surface area contributed by atoms with Crippen molar-refractivity contribution in [1.29, 1.82) is 0 Å². The van der Waals surface area contributed by atoms with Crippen LogP contribution in [0, 0.1) is 19.3 Å². The molecule has 0 fully saturated rings. The molecule has 0 aliphatic carbocycles. The minimum atomic E-state index is -1.22. The number of benzene rings is 2. The van der Waals surface area contributed by atoms with Crippen molar-refractivity contribution < 1.29 is 9.59 Å². The molecule has 2 amide bonds. The van der Waals surface area contributed by atoms with Crippen LogP contribution in [0.25, 0.3) is 0 Å². The predicted molar refractivity (Wildman–Crippen MR) is 117 cm³/mol. The molecule has 0 radical (unpaired) electrons. The van der Waals surface area contributed by atoms with Gasteiger partial charge < -0.3 is 15.5 Å². The molecule has 2 N–H and O–H groups in total. The largest absolute Gasteiger partial charge is 0.372 e. The van der Waals surface area contributed by atoms with Crippen molar-refractivity contribution in [3.63, 3.8) is 0 Å². The molecule has 150 valence electrons. The third-order valence-corrected chi connectivity index (χ3v) is 5.11. The van der Waals surface area contributed by atoms with Gasteiger partial charge in [-0.15, -0.1) is 0 Å². The van der Waals surface area contributed by atoms with E-state index in [1.54, 1.807) is 13.8 Å². The van der Waals surface area contributed by atoms with Crippen LogP contribution < -0.4 is 15.5 Å². The number of hydrogen-bond acceptors (Lipinski definition) is 3. The lowest BCUT2D eigenvalue weighted by Gasteiger charge is -2.24. The Hall–Kier alpha value is -2.82. The van der Waals surface area contributed by atoms with Gasteiger partial charge >= 0.3 is 0 Å². The van der Waals surface area contributed by atoms with Gasteiger partial charge in [0.05, 0.1) is 0 Å². The van der Waals surface area contributed by atoms with Gasteiger partial charge in [-0.05, 0) is 76.9 Å². The zero-order valence-corrected chi connectivity index (χ0v) is 17.7. The first-order valence-corrected chi connectivity index (χ1v) is 9.74. The Morgan fingerprint density at radius 3 is 1.86 bits per heavy atom. The molecule has 0 saturated heterocycles. The Morgan fingerprint density at radius 2 is 1.36 bits per heavy atom. The Balaban J connectivity index is 2.10. The number of anilines is 3. The normalized spacial score (nSPS) is 11.1. The molecule has 0 unspecified atom stereocenters. The first kappa shape index (κ1) is 21.5. The molecule has 2 rings (SSSR count). The van der Waals surface area contributed by atoms with Crippen LogP contribution in [0.1, 0.15) is 38.8 Å². The van der Waals surface area contributed by atoms with Crippen LogP contribution in [0.5, 0.6) is 0 Å². The van der Waals surface area contributed by atoms with Crippen LogP contribution in [0.3, 0.4) is 0 Å². The number of amides is 2. The van der Waals surface area contributed by atoms with E-state index >= 15 is 0 Å². The Labute approximate surface area is 168 Å². The minimum Gasteiger partial charge on any atom is -0.372 e. The summed E-state index contributed by atoms with van der Waals surface area (Å²) >= 11 is 0. The molecule has 0 spiro atoms. The smallest absolute Gasteiger partial charge is 0.239 e. The Morgan fingerprint density at radius 1 is 0.857 bits per heavy atom. The van der Waals surface area contributed by atoms with Crippen molar-refractivity contribution in [2.75, 3.05) is 28.6 Å². The highest BCUT2D eigenvalue weighted by Gasteiger charge is 2.36. The molecule has 0 saturated carbocycles. The maximum atomic E-state index is 12.8.